The van der Waals surface area contributed by atoms with Gasteiger partial charge in [-0.3, -0.25) is 9.10 Å². The highest BCUT2D eigenvalue weighted by Crippen LogP contribution is 2.25. The van der Waals surface area contributed by atoms with Gasteiger partial charge in [-0.05, 0) is 48.9 Å². The number of hydrogen-bond acceptors (Lipinski definition) is 4. The van der Waals surface area contributed by atoms with Crippen molar-refractivity contribution in [1.29, 1.82) is 0 Å². The molecular formula is C23H23FN2O4S. The molecule has 0 atom stereocenters. The number of nitrogens with zero attached hydrogens (tertiary/aromatic N) is 1. The smallest absolute Gasteiger partial charge is 0.264 e. The molecule has 0 spiro atoms. The standard InChI is InChI=1S/C23H23FN2O4S/c1-18-8-7-9-19(16-18)30-15-14-25-23(27)17-26(22-13-6-5-12-21(22)24)31(28,29)20-10-3-2-4-11-20/h2-13,16H,14-15,17H2,1H3,(H,25,27). The van der Waals surface area contributed by atoms with Gasteiger partial charge in [-0.15, -0.1) is 0 Å². The van der Waals surface area contributed by atoms with Gasteiger partial charge in [0.25, 0.3) is 10.0 Å². The molecule has 0 bridgehead atoms. The lowest BCUT2D eigenvalue weighted by Gasteiger charge is -2.24. The Labute approximate surface area is 181 Å². The second-order valence-corrected chi connectivity index (χ2v) is 8.65. The minimum absolute atomic E-state index is 0.0335. The molecule has 8 heteroatoms. The van der Waals surface area contributed by atoms with Crippen LogP contribution < -0.4 is 14.4 Å². The summed E-state index contributed by atoms with van der Waals surface area (Å²) in [4.78, 5) is 12.5. The molecule has 31 heavy (non-hydrogen) atoms. The number of aryl methyl sites for hydroxylation is 1. The van der Waals surface area contributed by atoms with E-state index in [1.807, 2.05) is 25.1 Å². The Bertz CT molecular complexity index is 1140. The summed E-state index contributed by atoms with van der Waals surface area (Å²) in [5.74, 6) is -0.637. The van der Waals surface area contributed by atoms with Gasteiger partial charge in [-0.2, -0.15) is 0 Å². The number of rotatable bonds is 9. The number of carbonyl (C=O) groups excluding carboxylic acids is 1. The molecule has 0 aliphatic heterocycles. The molecule has 0 aromatic heterocycles. The average Bonchev–Trinajstić information content (AvgIpc) is 2.76. The molecule has 0 radical (unpaired) electrons. The molecule has 0 saturated heterocycles. The van der Waals surface area contributed by atoms with Crippen molar-refractivity contribution in [2.75, 3.05) is 24.0 Å². The molecule has 0 saturated carbocycles. The summed E-state index contributed by atoms with van der Waals surface area (Å²) in [5.41, 5.74) is 0.852. The maximum absolute atomic E-state index is 14.4. The fraction of sp³-hybridized carbons (Fsp3) is 0.174. The van der Waals surface area contributed by atoms with Crippen LogP contribution in [0.5, 0.6) is 5.75 Å². The highest BCUT2D eigenvalue weighted by Gasteiger charge is 2.28. The van der Waals surface area contributed by atoms with Crippen molar-refractivity contribution in [3.63, 3.8) is 0 Å². The van der Waals surface area contributed by atoms with Crippen molar-refractivity contribution in [3.8, 4) is 5.75 Å². The number of ether oxygens (including phenoxy) is 1. The number of para-hydroxylation sites is 1. The molecule has 1 N–H and O–H groups in total. The number of nitrogens with one attached hydrogen (secondary N) is 1. The van der Waals surface area contributed by atoms with Crippen LogP contribution in [0.2, 0.25) is 0 Å². The molecule has 0 unspecified atom stereocenters. The van der Waals surface area contributed by atoms with Crippen molar-refractivity contribution >= 4 is 21.6 Å². The summed E-state index contributed by atoms with van der Waals surface area (Å²) in [7, 11) is -4.15. The van der Waals surface area contributed by atoms with Crippen molar-refractivity contribution in [1.82, 2.24) is 5.32 Å². The zero-order chi connectivity index (χ0) is 22.3. The van der Waals surface area contributed by atoms with E-state index >= 15 is 0 Å². The number of benzene rings is 3. The molecule has 162 valence electrons. The summed E-state index contributed by atoms with van der Waals surface area (Å²) in [5, 5.41) is 2.62. The Balaban J connectivity index is 1.70. The van der Waals surface area contributed by atoms with E-state index < -0.39 is 28.3 Å². The average molecular weight is 443 g/mol. The third-order valence-electron chi connectivity index (χ3n) is 4.42. The van der Waals surface area contributed by atoms with Crippen LogP contribution in [0.15, 0.2) is 83.8 Å². The predicted octanol–water partition coefficient (Wildman–Crippen LogP) is 3.52. The van der Waals surface area contributed by atoms with E-state index in [9.17, 15) is 17.6 Å². The Morgan fingerprint density at radius 1 is 1.00 bits per heavy atom. The number of carbonyl (C=O) groups is 1. The van der Waals surface area contributed by atoms with Crippen LogP contribution in [0.25, 0.3) is 0 Å². The zero-order valence-electron chi connectivity index (χ0n) is 17.0. The van der Waals surface area contributed by atoms with Crippen LogP contribution in [0, 0.1) is 12.7 Å². The first-order chi connectivity index (χ1) is 14.9. The second-order valence-electron chi connectivity index (χ2n) is 6.79. The van der Waals surface area contributed by atoms with E-state index in [0.717, 1.165) is 15.9 Å². The van der Waals surface area contributed by atoms with Crippen molar-refractivity contribution in [3.05, 3.63) is 90.2 Å². The molecule has 1 amide bonds. The monoisotopic (exact) mass is 442 g/mol. The Morgan fingerprint density at radius 3 is 2.42 bits per heavy atom. The fourth-order valence-corrected chi connectivity index (χ4v) is 4.37. The molecular weight excluding hydrogens is 419 g/mol. The molecule has 6 nitrogen and oxygen atoms in total. The molecule has 0 heterocycles. The quantitative estimate of drug-likeness (QED) is 0.515. The Kier molecular flexibility index (Phi) is 7.25. The van der Waals surface area contributed by atoms with Gasteiger partial charge in [-0.25, -0.2) is 12.8 Å². The molecule has 3 aromatic carbocycles. The van der Waals surface area contributed by atoms with Crippen LogP contribution in [0.1, 0.15) is 5.56 Å². The van der Waals surface area contributed by atoms with Gasteiger partial charge < -0.3 is 10.1 Å². The lowest BCUT2D eigenvalue weighted by molar-refractivity contribution is -0.119. The third kappa shape index (κ3) is 5.82. The summed E-state index contributed by atoms with van der Waals surface area (Å²) < 4.78 is 47.0. The Hall–Kier alpha value is -3.39. The maximum atomic E-state index is 14.4. The van der Waals surface area contributed by atoms with E-state index in [0.29, 0.717) is 5.75 Å². The first kappa shape index (κ1) is 22.3. The summed E-state index contributed by atoms with van der Waals surface area (Å²) in [6.07, 6.45) is 0. The van der Waals surface area contributed by atoms with Gasteiger partial charge in [0.1, 0.15) is 24.7 Å². The molecule has 0 aliphatic rings. The third-order valence-corrected chi connectivity index (χ3v) is 6.20. The van der Waals surface area contributed by atoms with E-state index in [1.54, 1.807) is 24.3 Å². The van der Waals surface area contributed by atoms with E-state index in [-0.39, 0.29) is 23.7 Å². The lowest BCUT2D eigenvalue weighted by Crippen LogP contribution is -2.42. The molecule has 3 aromatic rings. The topological polar surface area (TPSA) is 75.7 Å². The van der Waals surface area contributed by atoms with Gasteiger partial charge in [0, 0.05) is 0 Å². The van der Waals surface area contributed by atoms with Crippen LogP contribution in [-0.2, 0) is 14.8 Å². The number of anilines is 1. The van der Waals surface area contributed by atoms with Crippen molar-refractivity contribution in [2.24, 2.45) is 0 Å². The number of amides is 1. The van der Waals surface area contributed by atoms with Gasteiger partial charge in [-0.1, -0.05) is 42.5 Å². The van der Waals surface area contributed by atoms with Crippen molar-refractivity contribution in [2.45, 2.75) is 11.8 Å². The van der Waals surface area contributed by atoms with E-state index in [2.05, 4.69) is 5.32 Å². The first-order valence-electron chi connectivity index (χ1n) is 9.66. The SMILES string of the molecule is Cc1cccc(OCCNC(=O)CN(c2ccccc2F)S(=O)(=O)c2ccccc2)c1. The Morgan fingerprint density at radius 2 is 1.71 bits per heavy atom. The van der Waals surface area contributed by atoms with Crippen molar-refractivity contribution < 1.29 is 22.3 Å². The van der Waals surface area contributed by atoms with Crippen LogP contribution >= 0.6 is 0 Å². The zero-order valence-corrected chi connectivity index (χ0v) is 17.8. The summed E-state index contributed by atoms with van der Waals surface area (Å²) >= 11 is 0. The van der Waals surface area contributed by atoms with E-state index in [1.165, 1.54) is 30.3 Å². The van der Waals surface area contributed by atoms with Crippen LogP contribution in [0.3, 0.4) is 0 Å². The number of hydrogen-bond donors (Lipinski definition) is 1. The highest BCUT2D eigenvalue weighted by atomic mass is 32.2. The molecule has 3 rings (SSSR count). The number of sulfonamides is 1. The largest absolute Gasteiger partial charge is 0.492 e. The first-order valence-corrected chi connectivity index (χ1v) is 11.1. The van der Waals surface area contributed by atoms with Gasteiger partial charge >= 0.3 is 0 Å². The lowest BCUT2D eigenvalue weighted by atomic mass is 10.2. The minimum atomic E-state index is -4.15. The molecule has 0 aliphatic carbocycles. The minimum Gasteiger partial charge on any atom is -0.492 e. The fourth-order valence-electron chi connectivity index (χ4n) is 2.92. The van der Waals surface area contributed by atoms with Gasteiger partial charge in [0.15, 0.2) is 0 Å². The number of halogens is 1. The van der Waals surface area contributed by atoms with Crippen LogP contribution in [0.4, 0.5) is 10.1 Å². The normalized spacial score (nSPS) is 11.0. The van der Waals surface area contributed by atoms with Crippen LogP contribution in [-0.4, -0.2) is 34.0 Å². The molecule has 0 fully saturated rings. The predicted molar refractivity (Wildman–Crippen MR) is 117 cm³/mol. The van der Waals surface area contributed by atoms with E-state index in [4.69, 9.17) is 4.74 Å². The second kappa shape index (κ2) is 10.1. The summed E-state index contributed by atoms with van der Waals surface area (Å²) in [6, 6.07) is 20.5. The highest BCUT2D eigenvalue weighted by molar-refractivity contribution is 7.92. The maximum Gasteiger partial charge on any atom is 0.264 e. The van der Waals surface area contributed by atoms with Gasteiger partial charge in [0.05, 0.1) is 17.1 Å². The summed E-state index contributed by atoms with van der Waals surface area (Å²) in [6.45, 7) is 1.76. The van der Waals surface area contributed by atoms with Gasteiger partial charge in [0.2, 0.25) is 5.91 Å².